The van der Waals surface area contributed by atoms with Crippen LogP contribution in [0.1, 0.15) is 32.6 Å². The van der Waals surface area contributed by atoms with E-state index in [-0.39, 0.29) is 5.75 Å². The van der Waals surface area contributed by atoms with Gasteiger partial charge in [0.25, 0.3) is 0 Å². The Bertz CT molecular complexity index is 300. The van der Waals surface area contributed by atoms with Crippen molar-refractivity contribution < 1.29 is 13.2 Å². The summed E-state index contributed by atoms with van der Waals surface area (Å²) in [6.07, 6.45) is 3.70. The van der Waals surface area contributed by atoms with Crippen LogP contribution in [0.2, 0.25) is 0 Å². The number of ether oxygens (including phenoxy) is 1. The smallest absolute Gasteiger partial charge is 0.211 e. The summed E-state index contributed by atoms with van der Waals surface area (Å²) in [5.41, 5.74) is 0. The highest BCUT2D eigenvalue weighted by atomic mass is 32.2. The number of hydrogen-bond donors (Lipinski definition) is 2. The number of nitrogens with one attached hydrogen (secondary N) is 2. The average Bonchev–Trinajstić information content (AvgIpc) is 2.84. The zero-order valence-corrected chi connectivity index (χ0v) is 12.1. The summed E-state index contributed by atoms with van der Waals surface area (Å²) in [6, 6.07) is 0. The normalized spacial score (nSPS) is 20.4. The van der Waals surface area contributed by atoms with Crippen LogP contribution >= 0.6 is 0 Å². The minimum Gasteiger partial charge on any atom is -0.381 e. The van der Waals surface area contributed by atoms with E-state index in [1.54, 1.807) is 0 Å². The van der Waals surface area contributed by atoms with Crippen LogP contribution in [-0.2, 0) is 14.8 Å². The van der Waals surface area contributed by atoms with Crippen LogP contribution in [0.25, 0.3) is 0 Å². The summed E-state index contributed by atoms with van der Waals surface area (Å²) in [7, 11) is -3.10. The van der Waals surface area contributed by atoms with Crippen LogP contribution in [0.3, 0.4) is 0 Å². The summed E-state index contributed by atoms with van der Waals surface area (Å²) in [5, 5.41) is 3.27. The van der Waals surface area contributed by atoms with Gasteiger partial charge in [-0.2, -0.15) is 0 Å². The highest BCUT2D eigenvalue weighted by molar-refractivity contribution is 7.89. The molecule has 0 bridgehead atoms. The van der Waals surface area contributed by atoms with Gasteiger partial charge in [0.15, 0.2) is 0 Å². The maximum atomic E-state index is 11.7. The van der Waals surface area contributed by atoms with E-state index in [0.29, 0.717) is 25.5 Å². The molecule has 0 saturated carbocycles. The van der Waals surface area contributed by atoms with E-state index < -0.39 is 10.0 Å². The Kier molecular flexibility index (Phi) is 7.81. The predicted molar refractivity (Wildman–Crippen MR) is 73.1 cm³/mol. The fourth-order valence-corrected chi connectivity index (χ4v) is 3.12. The zero-order valence-electron chi connectivity index (χ0n) is 11.3. The van der Waals surface area contributed by atoms with Crippen molar-refractivity contribution in [1.29, 1.82) is 0 Å². The molecule has 1 unspecified atom stereocenters. The van der Waals surface area contributed by atoms with Crippen LogP contribution in [0, 0.1) is 5.92 Å². The Hall–Kier alpha value is -0.170. The Morgan fingerprint density at radius 1 is 1.28 bits per heavy atom. The molecule has 0 aliphatic carbocycles. The van der Waals surface area contributed by atoms with Crippen molar-refractivity contribution in [3.8, 4) is 0 Å². The first kappa shape index (κ1) is 15.9. The monoisotopic (exact) mass is 278 g/mol. The van der Waals surface area contributed by atoms with Gasteiger partial charge in [-0.1, -0.05) is 6.92 Å². The lowest BCUT2D eigenvalue weighted by atomic mass is 10.1. The van der Waals surface area contributed by atoms with Crippen LogP contribution in [0.5, 0.6) is 0 Å². The largest absolute Gasteiger partial charge is 0.381 e. The van der Waals surface area contributed by atoms with Gasteiger partial charge in [-0.15, -0.1) is 0 Å². The Morgan fingerprint density at radius 3 is 2.78 bits per heavy atom. The molecule has 18 heavy (non-hydrogen) atoms. The van der Waals surface area contributed by atoms with Crippen molar-refractivity contribution in [2.75, 3.05) is 38.6 Å². The molecule has 0 radical (unpaired) electrons. The topological polar surface area (TPSA) is 67.4 Å². The number of unbranched alkanes of at least 4 members (excludes halogenated alkanes) is 1. The Balaban J connectivity index is 2.03. The van der Waals surface area contributed by atoms with Crippen LogP contribution in [0.4, 0.5) is 0 Å². The summed E-state index contributed by atoms with van der Waals surface area (Å²) in [6.45, 7) is 6.00. The van der Waals surface area contributed by atoms with Gasteiger partial charge in [-0.25, -0.2) is 13.1 Å². The SMILES string of the molecule is CCCNCCCCS(=O)(=O)NCC1CCOC1. The highest BCUT2D eigenvalue weighted by Crippen LogP contribution is 2.11. The number of hydrogen-bond acceptors (Lipinski definition) is 4. The molecule has 2 N–H and O–H groups in total. The molecule has 1 aliphatic heterocycles. The van der Waals surface area contributed by atoms with E-state index >= 15 is 0 Å². The van der Waals surface area contributed by atoms with Gasteiger partial charge in [-0.3, -0.25) is 0 Å². The second kappa shape index (κ2) is 8.85. The van der Waals surface area contributed by atoms with Crippen molar-refractivity contribution in [2.45, 2.75) is 32.6 Å². The second-order valence-electron chi connectivity index (χ2n) is 4.85. The predicted octanol–water partition coefficient (Wildman–Crippen LogP) is 0.722. The van der Waals surface area contributed by atoms with Gasteiger partial charge >= 0.3 is 0 Å². The Morgan fingerprint density at radius 2 is 2.11 bits per heavy atom. The van der Waals surface area contributed by atoms with Gasteiger partial charge in [-0.05, 0) is 44.7 Å². The van der Waals surface area contributed by atoms with Gasteiger partial charge in [0, 0.05) is 13.2 Å². The first-order valence-electron chi connectivity index (χ1n) is 6.90. The third-order valence-corrected chi connectivity index (χ3v) is 4.49. The quantitative estimate of drug-likeness (QED) is 0.578. The summed E-state index contributed by atoms with van der Waals surface area (Å²) in [5.74, 6) is 0.583. The van der Waals surface area contributed by atoms with E-state index in [1.165, 1.54) is 0 Å². The molecule has 0 amide bonds. The summed E-state index contributed by atoms with van der Waals surface area (Å²) < 4.78 is 31.3. The Labute approximate surface area is 111 Å². The standard InChI is InChI=1S/C12H26N2O3S/c1-2-6-13-7-3-4-9-18(15,16)14-10-12-5-8-17-11-12/h12-14H,2-11H2,1H3. The van der Waals surface area contributed by atoms with E-state index in [0.717, 1.165) is 39.0 Å². The van der Waals surface area contributed by atoms with E-state index in [1.807, 2.05) is 0 Å². The number of rotatable bonds is 10. The fraction of sp³-hybridized carbons (Fsp3) is 1.00. The maximum Gasteiger partial charge on any atom is 0.211 e. The maximum absolute atomic E-state index is 11.7. The van der Waals surface area contributed by atoms with Gasteiger partial charge < -0.3 is 10.1 Å². The lowest BCUT2D eigenvalue weighted by Crippen LogP contribution is -2.31. The van der Waals surface area contributed by atoms with Gasteiger partial charge in [0.2, 0.25) is 10.0 Å². The van der Waals surface area contributed by atoms with Crippen molar-refractivity contribution in [3.63, 3.8) is 0 Å². The molecule has 1 rings (SSSR count). The average molecular weight is 278 g/mol. The summed E-state index contributed by atoms with van der Waals surface area (Å²) >= 11 is 0. The molecule has 1 heterocycles. The third kappa shape index (κ3) is 7.31. The molecule has 1 aliphatic rings. The highest BCUT2D eigenvalue weighted by Gasteiger charge is 2.18. The molecular weight excluding hydrogens is 252 g/mol. The molecule has 5 nitrogen and oxygen atoms in total. The van der Waals surface area contributed by atoms with Gasteiger partial charge in [0.05, 0.1) is 12.4 Å². The summed E-state index contributed by atoms with van der Waals surface area (Å²) in [4.78, 5) is 0. The van der Waals surface area contributed by atoms with Crippen molar-refractivity contribution in [3.05, 3.63) is 0 Å². The van der Waals surface area contributed by atoms with Crippen LogP contribution in [-0.4, -0.2) is 47.0 Å². The van der Waals surface area contributed by atoms with Crippen LogP contribution < -0.4 is 10.0 Å². The van der Waals surface area contributed by atoms with Crippen LogP contribution in [0.15, 0.2) is 0 Å². The first-order chi connectivity index (χ1) is 8.64. The molecule has 0 aromatic rings. The van der Waals surface area contributed by atoms with E-state index in [9.17, 15) is 8.42 Å². The molecule has 108 valence electrons. The molecular formula is C12H26N2O3S. The lowest BCUT2D eigenvalue weighted by Gasteiger charge is -2.10. The van der Waals surface area contributed by atoms with Gasteiger partial charge in [0.1, 0.15) is 0 Å². The van der Waals surface area contributed by atoms with Crippen molar-refractivity contribution in [2.24, 2.45) is 5.92 Å². The van der Waals surface area contributed by atoms with E-state index in [4.69, 9.17) is 4.74 Å². The fourth-order valence-electron chi connectivity index (χ4n) is 1.91. The first-order valence-corrected chi connectivity index (χ1v) is 8.55. The zero-order chi connectivity index (χ0) is 13.3. The minimum absolute atomic E-state index is 0.231. The van der Waals surface area contributed by atoms with Crippen molar-refractivity contribution in [1.82, 2.24) is 10.0 Å². The molecule has 0 aromatic heterocycles. The molecule has 1 atom stereocenters. The second-order valence-corrected chi connectivity index (χ2v) is 6.78. The van der Waals surface area contributed by atoms with E-state index in [2.05, 4.69) is 17.0 Å². The molecule has 1 saturated heterocycles. The molecule has 0 aromatic carbocycles. The molecule has 1 fully saturated rings. The lowest BCUT2D eigenvalue weighted by molar-refractivity contribution is 0.186. The van der Waals surface area contributed by atoms with Crippen molar-refractivity contribution >= 4 is 10.0 Å². The third-order valence-electron chi connectivity index (χ3n) is 3.06. The number of sulfonamides is 1. The molecule has 0 spiro atoms. The molecule has 6 heteroatoms. The minimum atomic E-state index is -3.10.